The van der Waals surface area contributed by atoms with Gasteiger partial charge in [-0.2, -0.15) is 5.10 Å². The van der Waals surface area contributed by atoms with Crippen LogP contribution in [-0.2, 0) is 14.3 Å². The molecule has 1 saturated heterocycles. The highest BCUT2D eigenvalue weighted by molar-refractivity contribution is 6.05. The van der Waals surface area contributed by atoms with Gasteiger partial charge in [-0.05, 0) is 32.2 Å². The van der Waals surface area contributed by atoms with E-state index in [9.17, 15) is 9.59 Å². The molecule has 2 unspecified atom stereocenters. The number of carbonyl (C=O) groups is 2. The zero-order chi connectivity index (χ0) is 17.5. The van der Waals surface area contributed by atoms with Gasteiger partial charge in [0, 0.05) is 31.5 Å². The molecule has 2 N–H and O–H groups in total. The monoisotopic (exact) mass is 350 g/mol. The van der Waals surface area contributed by atoms with E-state index in [0.717, 1.165) is 77.1 Å². The second-order valence-electron chi connectivity index (χ2n) is 7.26. The summed E-state index contributed by atoms with van der Waals surface area (Å²) in [5, 5.41) is 7.18. The highest BCUT2D eigenvalue weighted by atomic mass is 16.5. The number of fused-ring (bicyclic) bond motifs is 1. The number of amides is 2. The Labute approximate surface area is 149 Å². The predicted octanol–water partition coefficient (Wildman–Crippen LogP) is 0.897. The Balaban J connectivity index is 1.34. The molecule has 2 amide bonds. The van der Waals surface area contributed by atoms with E-state index in [1.165, 1.54) is 0 Å². The first-order valence-electron chi connectivity index (χ1n) is 9.67. The van der Waals surface area contributed by atoms with Crippen molar-refractivity contribution in [1.29, 1.82) is 0 Å². The van der Waals surface area contributed by atoms with E-state index in [1.807, 2.05) is 0 Å². The van der Waals surface area contributed by atoms with Crippen molar-refractivity contribution in [2.75, 3.05) is 39.4 Å². The highest BCUT2D eigenvalue weighted by Crippen LogP contribution is 2.33. The van der Waals surface area contributed by atoms with Crippen molar-refractivity contribution in [2.24, 2.45) is 16.9 Å². The molecule has 0 radical (unpaired) electrons. The molecule has 1 saturated carbocycles. The van der Waals surface area contributed by atoms with Crippen LogP contribution in [0.5, 0.6) is 0 Å². The minimum atomic E-state index is 0.0163. The van der Waals surface area contributed by atoms with Crippen LogP contribution < -0.4 is 10.7 Å². The van der Waals surface area contributed by atoms with Crippen molar-refractivity contribution in [3.8, 4) is 0 Å². The molecule has 2 heterocycles. The molecule has 0 aromatic rings. The van der Waals surface area contributed by atoms with Gasteiger partial charge in [-0.25, -0.2) is 5.43 Å². The maximum absolute atomic E-state index is 12.2. The van der Waals surface area contributed by atoms with Gasteiger partial charge >= 0.3 is 0 Å². The molecular weight excluding hydrogens is 320 g/mol. The van der Waals surface area contributed by atoms with Gasteiger partial charge in [0.05, 0.1) is 25.3 Å². The molecular formula is C18H30N4O3. The predicted molar refractivity (Wildman–Crippen MR) is 95.1 cm³/mol. The Kier molecular flexibility index (Phi) is 6.81. The number of rotatable bonds is 7. The lowest BCUT2D eigenvalue weighted by Gasteiger charge is -2.34. The van der Waals surface area contributed by atoms with E-state index in [0.29, 0.717) is 13.0 Å². The molecule has 3 rings (SSSR count). The first kappa shape index (κ1) is 18.3. The first-order valence-corrected chi connectivity index (χ1v) is 9.67. The molecule has 0 bridgehead atoms. The standard InChI is InChI=1S/C18H30N4O3/c23-17(19-7-3-4-8-22-9-11-25-12-10-22)13-16-14-5-1-2-6-15(14)18(24)21-20-16/h14-15H,1-13H2,(H,19,23)(H,21,24). The van der Waals surface area contributed by atoms with E-state index in [4.69, 9.17) is 4.74 Å². The zero-order valence-corrected chi connectivity index (χ0v) is 15.0. The van der Waals surface area contributed by atoms with Crippen molar-refractivity contribution < 1.29 is 14.3 Å². The Morgan fingerprint density at radius 3 is 2.76 bits per heavy atom. The second kappa shape index (κ2) is 9.29. The molecule has 1 aliphatic carbocycles. The molecule has 2 aliphatic heterocycles. The Morgan fingerprint density at radius 2 is 1.96 bits per heavy atom. The number of unbranched alkanes of at least 4 members (excludes halogenated alkanes) is 1. The van der Waals surface area contributed by atoms with E-state index in [1.54, 1.807) is 0 Å². The summed E-state index contributed by atoms with van der Waals surface area (Å²) in [5.74, 6) is 0.222. The molecule has 3 aliphatic rings. The Morgan fingerprint density at radius 1 is 1.20 bits per heavy atom. The number of morpholine rings is 1. The molecule has 0 spiro atoms. The minimum Gasteiger partial charge on any atom is -0.379 e. The fraction of sp³-hybridized carbons (Fsp3) is 0.833. The molecule has 7 nitrogen and oxygen atoms in total. The lowest BCUT2D eigenvalue weighted by atomic mass is 9.74. The molecule has 140 valence electrons. The number of ether oxygens (including phenoxy) is 1. The van der Waals surface area contributed by atoms with Crippen LogP contribution in [0.3, 0.4) is 0 Å². The van der Waals surface area contributed by atoms with E-state index in [2.05, 4.69) is 20.7 Å². The van der Waals surface area contributed by atoms with Crippen molar-refractivity contribution in [2.45, 2.75) is 44.9 Å². The number of hydrogen-bond acceptors (Lipinski definition) is 5. The number of hydrazone groups is 1. The average Bonchev–Trinajstić information content (AvgIpc) is 2.65. The topological polar surface area (TPSA) is 83.0 Å². The quantitative estimate of drug-likeness (QED) is 0.668. The Bertz CT molecular complexity index is 503. The second-order valence-corrected chi connectivity index (χ2v) is 7.26. The number of nitrogens with zero attached hydrogens (tertiary/aromatic N) is 2. The fourth-order valence-electron chi connectivity index (χ4n) is 4.05. The van der Waals surface area contributed by atoms with E-state index >= 15 is 0 Å². The molecule has 0 aromatic heterocycles. The van der Waals surface area contributed by atoms with Crippen molar-refractivity contribution in [1.82, 2.24) is 15.6 Å². The summed E-state index contributed by atoms with van der Waals surface area (Å²) in [6.07, 6.45) is 6.49. The highest BCUT2D eigenvalue weighted by Gasteiger charge is 2.37. The number of carbonyl (C=O) groups excluding carboxylic acids is 2. The van der Waals surface area contributed by atoms with Gasteiger partial charge in [0.15, 0.2) is 0 Å². The fourth-order valence-corrected chi connectivity index (χ4v) is 4.05. The molecule has 0 aromatic carbocycles. The number of hydrogen-bond donors (Lipinski definition) is 2. The summed E-state index contributed by atoms with van der Waals surface area (Å²) in [5.41, 5.74) is 3.46. The summed E-state index contributed by atoms with van der Waals surface area (Å²) in [4.78, 5) is 26.5. The van der Waals surface area contributed by atoms with Crippen LogP contribution in [-0.4, -0.2) is 61.8 Å². The normalized spacial score (nSPS) is 27.2. The van der Waals surface area contributed by atoms with Crippen molar-refractivity contribution in [3.63, 3.8) is 0 Å². The summed E-state index contributed by atoms with van der Waals surface area (Å²) in [6, 6.07) is 0. The van der Waals surface area contributed by atoms with Crippen molar-refractivity contribution >= 4 is 17.5 Å². The van der Waals surface area contributed by atoms with E-state index in [-0.39, 0.29) is 23.7 Å². The van der Waals surface area contributed by atoms with Gasteiger partial charge in [0.2, 0.25) is 11.8 Å². The summed E-state index contributed by atoms with van der Waals surface area (Å²) < 4.78 is 5.34. The molecule has 2 fully saturated rings. The molecule has 25 heavy (non-hydrogen) atoms. The third-order valence-corrected chi connectivity index (χ3v) is 5.51. The summed E-state index contributed by atoms with van der Waals surface area (Å²) in [7, 11) is 0. The minimum absolute atomic E-state index is 0.0163. The molecule has 7 heteroatoms. The summed E-state index contributed by atoms with van der Waals surface area (Å²) >= 11 is 0. The maximum atomic E-state index is 12.2. The van der Waals surface area contributed by atoms with Crippen LogP contribution in [0, 0.1) is 11.8 Å². The molecule has 2 atom stereocenters. The van der Waals surface area contributed by atoms with Gasteiger partial charge in [-0.1, -0.05) is 12.8 Å². The Hall–Kier alpha value is -1.47. The van der Waals surface area contributed by atoms with Crippen molar-refractivity contribution in [3.05, 3.63) is 0 Å². The van der Waals surface area contributed by atoms with Crippen LogP contribution >= 0.6 is 0 Å². The average molecular weight is 350 g/mol. The van der Waals surface area contributed by atoms with Crippen LogP contribution in [0.4, 0.5) is 0 Å². The third-order valence-electron chi connectivity index (χ3n) is 5.51. The van der Waals surface area contributed by atoms with Gasteiger partial charge in [-0.15, -0.1) is 0 Å². The van der Waals surface area contributed by atoms with Gasteiger partial charge < -0.3 is 10.1 Å². The SMILES string of the molecule is O=C(CC1=NNC(=O)C2CCCCC12)NCCCCN1CCOCC1. The van der Waals surface area contributed by atoms with Crippen LogP contribution in [0.25, 0.3) is 0 Å². The largest absolute Gasteiger partial charge is 0.379 e. The first-order chi connectivity index (χ1) is 12.2. The van der Waals surface area contributed by atoms with Crippen LogP contribution in [0.1, 0.15) is 44.9 Å². The van der Waals surface area contributed by atoms with Crippen LogP contribution in [0.2, 0.25) is 0 Å². The van der Waals surface area contributed by atoms with Crippen LogP contribution in [0.15, 0.2) is 5.10 Å². The lowest BCUT2D eigenvalue weighted by molar-refractivity contribution is -0.128. The third kappa shape index (κ3) is 5.25. The van der Waals surface area contributed by atoms with Gasteiger partial charge in [-0.3, -0.25) is 14.5 Å². The smallest absolute Gasteiger partial charge is 0.243 e. The van der Waals surface area contributed by atoms with Gasteiger partial charge in [0.1, 0.15) is 0 Å². The number of nitrogens with one attached hydrogen (secondary N) is 2. The maximum Gasteiger partial charge on any atom is 0.243 e. The van der Waals surface area contributed by atoms with Gasteiger partial charge in [0.25, 0.3) is 0 Å². The lowest BCUT2D eigenvalue weighted by Crippen LogP contribution is -2.44. The zero-order valence-electron chi connectivity index (χ0n) is 15.0. The summed E-state index contributed by atoms with van der Waals surface area (Å²) in [6.45, 7) is 5.47. The van der Waals surface area contributed by atoms with E-state index < -0.39 is 0 Å².